The summed E-state index contributed by atoms with van der Waals surface area (Å²) in [4.78, 5) is 20.6. The van der Waals surface area contributed by atoms with Crippen LogP contribution in [0.4, 0.5) is 5.69 Å². The lowest BCUT2D eigenvalue weighted by atomic mass is 10.2. The van der Waals surface area contributed by atoms with Gasteiger partial charge in [-0.25, -0.2) is 9.78 Å². The molecule has 1 aromatic carbocycles. The van der Waals surface area contributed by atoms with Crippen molar-refractivity contribution in [3.05, 3.63) is 34.7 Å². The van der Waals surface area contributed by atoms with Crippen molar-refractivity contribution in [2.45, 2.75) is 0 Å². The lowest BCUT2D eigenvalue weighted by Crippen LogP contribution is -1.99. The second-order valence-electron chi connectivity index (χ2n) is 3.42. The van der Waals surface area contributed by atoms with Gasteiger partial charge in [0, 0.05) is 11.1 Å². The van der Waals surface area contributed by atoms with E-state index in [0.717, 1.165) is 10.9 Å². The molecule has 4 N–H and O–H groups in total. The van der Waals surface area contributed by atoms with Gasteiger partial charge < -0.3 is 10.7 Å². The molecule has 3 aromatic rings. The van der Waals surface area contributed by atoms with Gasteiger partial charge in [-0.05, 0) is 24.3 Å². The van der Waals surface area contributed by atoms with Crippen molar-refractivity contribution in [3.8, 4) is 0 Å². The highest BCUT2D eigenvalue weighted by atomic mass is 16.1. The first-order chi connectivity index (χ1) is 7.22. The van der Waals surface area contributed by atoms with E-state index < -0.39 is 0 Å². The van der Waals surface area contributed by atoms with Crippen LogP contribution in [0.15, 0.2) is 29.1 Å². The molecule has 0 saturated heterocycles. The third-order valence-corrected chi connectivity index (χ3v) is 2.32. The lowest BCUT2D eigenvalue weighted by molar-refractivity contribution is 1.20. The summed E-state index contributed by atoms with van der Waals surface area (Å²) in [6, 6.07) is 7.29. The maximum absolute atomic E-state index is 11.1. The van der Waals surface area contributed by atoms with Crippen molar-refractivity contribution in [2.75, 3.05) is 5.73 Å². The Morgan fingerprint density at radius 1 is 1.20 bits per heavy atom. The Bertz CT molecular complexity index is 710. The summed E-state index contributed by atoms with van der Waals surface area (Å²) in [6.07, 6.45) is 0. The van der Waals surface area contributed by atoms with Crippen LogP contribution in [0.1, 0.15) is 0 Å². The summed E-state index contributed by atoms with van der Waals surface area (Å²) < 4.78 is 0. The smallest absolute Gasteiger partial charge is 0.325 e. The number of nitrogens with zero attached hydrogens (tertiary/aromatic N) is 1. The average molecular weight is 200 g/mol. The third kappa shape index (κ3) is 1.17. The van der Waals surface area contributed by atoms with Gasteiger partial charge in [0.1, 0.15) is 0 Å². The summed E-state index contributed by atoms with van der Waals surface area (Å²) in [5.41, 5.74) is 8.17. The molecule has 0 radical (unpaired) electrons. The quantitative estimate of drug-likeness (QED) is 0.473. The van der Waals surface area contributed by atoms with Crippen molar-refractivity contribution in [3.63, 3.8) is 0 Å². The second-order valence-corrected chi connectivity index (χ2v) is 3.42. The highest BCUT2D eigenvalue weighted by Crippen LogP contribution is 2.18. The van der Waals surface area contributed by atoms with E-state index >= 15 is 0 Å². The van der Waals surface area contributed by atoms with Crippen LogP contribution in [0.3, 0.4) is 0 Å². The molecule has 3 rings (SSSR count). The van der Waals surface area contributed by atoms with Gasteiger partial charge in [0.25, 0.3) is 0 Å². The van der Waals surface area contributed by atoms with Crippen molar-refractivity contribution in [1.29, 1.82) is 0 Å². The summed E-state index contributed by atoms with van der Waals surface area (Å²) in [7, 11) is 0. The minimum atomic E-state index is -0.249. The molecule has 0 aliphatic carbocycles. The Morgan fingerprint density at radius 2 is 2.07 bits per heavy atom. The number of hydrogen-bond acceptors (Lipinski definition) is 3. The van der Waals surface area contributed by atoms with Crippen LogP contribution in [0, 0.1) is 0 Å². The molecule has 74 valence electrons. The predicted molar refractivity (Wildman–Crippen MR) is 58.6 cm³/mol. The molecule has 0 fully saturated rings. The van der Waals surface area contributed by atoms with E-state index in [9.17, 15) is 4.79 Å². The highest BCUT2D eigenvalue weighted by Gasteiger charge is 2.02. The number of anilines is 1. The molecule has 2 aromatic heterocycles. The fourth-order valence-electron chi connectivity index (χ4n) is 1.65. The molecule has 0 unspecified atom stereocenters. The van der Waals surface area contributed by atoms with E-state index in [1.807, 2.05) is 18.2 Å². The van der Waals surface area contributed by atoms with Crippen LogP contribution >= 0.6 is 0 Å². The molecule has 5 nitrogen and oxygen atoms in total. The van der Waals surface area contributed by atoms with E-state index in [4.69, 9.17) is 5.73 Å². The first-order valence-electron chi connectivity index (χ1n) is 4.51. The summed E-state index contributed by atoms with van der Waals surface area (Å²) in [5, 5.41) is 0.915. The fraction of sp³-hybridized carbons (Fsp3) is 0. The minimum absolute atomic E-state index is 0.249. The van der Waals surface area contributed by atoms with Gasteiger partial charge >= 0.3 is 5.69 Å². The van der Waals surface area contributed by atoms with Gasteiger partial charge in [-0.15, -0.1) is 0 Å². The monoisotopic (exact) mass is 200 g/mol. The first kappa shape index (κ1) is 8.05. The molecule has 0 aliphatic heterocycles. The van der Waals surface area contributed by atoms with Gasteiger partial charge in [-0.2, -0.15) is 0 Å². The predicted octanol–water partition coefficient (Wildman–Crippen LogP) is 0.987. The SMILES string of the molecule is Nc1ccc2nc3[nH]c(=O)[nH]c3cc2c1. The number of nitrogens with two attached hydrogens (primary N) is 1. The normalized spacial score (nSPS) is 11.2. The number of aromatic amines is 2. The number of H-pyrrole nitrogens is 2. The van der Waals surface area contributed by atoms with E-state index in [0.29, 0.717) is 16.9 Å². The Labute approximate surface area is 83.9 Å². The van der Waals surface area contributed by atoms with Gasteiger partial charge in [-0.3, -0.25) is 4.98 Å². The summed E-state index contributed by atoms with van der Waals surface area (Å²) in [6.45, 7) is 0. The molecule has 0 aliphatic rings. The number of pyridine rings is 1. The van der Waals surface area contributed by atoms with Crippen LogP contribution in [-0.4, -0.2) is 15.0 Å². The number of rotatable bonds is 0. The molecule has 15 heavy (non-hydrogen) atoms. The van der Waals surface area contributed by atoms with Crippen molar-refractivity contribution in [1.82, 2.24) is 15.0 Å². The number of imidazole rings is 1. The van der Waals surface area contributed by atoms with Crippen LogP contribution < -0.4 is 11.4 Å². The lowest BCUT2D eigenvalue weighted by Gasteiger charge is -1.98. The highest BCUT2D eigenvalue weighted by molar-refractivity contribution is 5.90. The van der Waals surface area contributed by atoms with Crippen LogP contribution in [0.25, 0.3) is 22.1 Å². The molecule has 0 spiro atoms. The number of benzene rings is 1. The van der Waals surface area contributed by atoms with Gasteiger partial charge in [0.05, 0.1) is 11.0 Å². The second kappa shape index (κ2) is 2.60. The first-order valence-corrected chi connectivity index (χ1v) is 4.51. The Balaban J connectivity index is 2.51. The topological polar surface area (TPSA) is 87.6 Å². The van der Waals surface area contributed by atoms with E-state index in [1.165, 1.54) is 0 Å². The molecule has 0 bridgehead atoms. The molecule has 0 amide bonds. The van der Waals surface area contributed by atoms with Crippen molar-refractivity contribution in [2.24, 2.45) is 0 Å². The Morgan fingerprint density at radius 3 is 2.93 bits per heavy atom. The maximum atomic E-state index is 11.1. The molecule has 0 saturated carbocycles. The zero-order chi connectivity index (χ0) is 10.4. The van der Waals surface area contributed by atoms with Gasteiger partial charge in [0.15, 0.2) is 5.65 Å². The molecule has 0 atom stereocenters. The maximum Gasteiger partial charge on any atom is 0.325 e. The number of hydrogen-bond donors (Lipinski definition) is 3. The zero-order valence-corrected chi connectivity index (χ0v) is 7.74. The van der Waals surface area contributed by atoms with Crippen molar-refractivity contribution >= 4 is 27.8 Å². The average Bonchev–Trinajstić information content (AvgIpc) is 2.53. The number of aromatic nitrogens is 3. The third-order valence-electron chi connectivity index (χ3n) is 2.32. The van der Waals surface area contributed by atoms with E-state index in [-0.39, 0.29) is 5.69 Å². The zero-order valence-electron chi connectivity index (χ0n) is 7.74. The number of fused-ring (bicyclic) bond motifs is 2. The van der Waals surface area contributed by atoms with E-state index in [2.05, 4.69) is 15.0 Å². The van der Waals surface area contributed by atoms with Crippen LogP contribution in [0.2, 0.25) is 0 Å². The molecular weight excluding hydrogens is 192 g/mol. The standard InChI is InChI=1S/C10H8N4O/c11-6-1-2-7-5(3-6)4-8-9(12-7)14-10(15)13-8/h1-4H,11H2,(H2,12,13,14,15). The summed E-state index contributed by atoms with van der Waals surface area (Å²) >= 11 is 0. The van der Waals surface area contributed by atoms with Gasteiger partial charge in [0.2, 0.25) is 0 Å². The number of nitrogens with one attached hydrogen (secondary N) is 2. The fourth-order valence-corrected chi connectivity index (χ4v) is 1.65. The van der Waals surface area contributed by atoms with Gasteiger partial charge in [-0.1, -0.05) is 0 Å². The molecule has 2 heterocycles. The minimum Gasteiger partial charge on any atom is -0.399 e. The van der Waals surface area contributed by atoms with E-state index in [1.54, 1.807) is 6.07 Å². The Hall–Kier alpha value is -2.30. The van der Waals surface area contributed by atoms with Crippen LogP contribution in [0.5, 0.6) is 0 Å². The Kier molecular flexibility index (Phi) is 1.39. The van der Waals surface area contributed by atoms with Crippen molar-refractivity contribution < 1.29 is 0 Å². The molecular formula is C10H8N4O. The molecule has 5 heteroatoms. The number of nitrogen functional groups attached to an aromatic ring is 1. The van der Waals surface area contributed by atoms with Crippen LogP contribution in [-0.2, 0) is 0 Å². The summed E-state index contributed by atoms with van der Waals surface area (Å²) in [5.74, 6) is 0. The largest absolute Gasteiger partial charge is 0.399 e.